The molecule has 1 aromatic carbocycles. The van der Waals surface area contributed by atoms with Crippen LogP contribution in [0.15, 0.2) is 22.1 Å². The number of isocyanates is 2. The Hall–Kier alpha value is -2.02. The first-order chi connectivity index (χ1) is 7.91. The molecule has 0 N–H and O–H groups in total. The van der Waals surface area contributed by atoms with Crippen LogP contribution in [0.3, 0.4) is 0 Å². The Balaban J connectivity index is 3.71. The minimum Gasteiger partial charge on any atom is -0.211 e. The van der Waals surface area contributed by atoms with Crippen molar-refractivity contribution in [2.75, 3.05) is 0 Å². The third kappa shape index (κ3) is 2.76. The smallest absolute Gasteiger partial charge is 0.211 e. The highest BCUT2D eigenvalue weighted by Gasteiger charge is 2.22. The van der Waals surface area contributed by atoms with E-state index in [9.17, 15) is 9.59 Å². The quantitative estimate of drug-likeness (QED) is 0.578. The van der Waals surface area contributed by atoms with Gasteiger partial charge < -0.3 is 0 Å². The van der Waals surface area contributed by atoms with Crippen LogP contribution in [0.2, 0.25) is 0 Å². The second kappa shape index (κ2) is 4.88. The van der Waals surface area contributed by atoms with E-state index in [4.69, 9.17) is 0 Å². The molecule has 0 heterocycles. The highest BCUT2D eigenvalue weighted by Crippen LogP contribution is 2.40. The second-order valence-electron chi connectivity index (χ2n) is 4.78. The second-order valence-corrected chi connectivity index (χ2v) is 4.78. The highest BCUT2D eigenvalue weighted by atomic mass is 16.1. The number of nitrogens with zero attached hydrogens (tertiary/aromatic N) is 2. The van der Waals surface area contributed by atoms with Crippen molar-refractivity contribution >= 4 is 23.5 Å². The van der Waals surface area contributed by atoms with E-state index in [2.05, 4.69) is 9.98 Å². The average molecular weight is 230 g/mol. The Labute approximate surface area is 100 Å². The van der Waals surface area contributed by atoms with Gasteiger partial charge in [-0.15, -0.1) is 0 Å². The van der Waals surface area contributed by atoms with Crippen molar-refractivity contribution in [2.24, 2.45) is 9.98 Å². The van der Waals surface area contributed by atoms with Gasteiger partial charge in [-0.25, -0.2) is 9.59 Å². The summed E-state index contributed by atoms with van der Waals surface area (Å²) in [5.41, 5.74) is 2.43. The molecular formula is C13H14N2O2. The first-order valence-electron chi connectivity index (χ1n) is 5.21. The van der Waals surface area contributed by atoms with E-state index in [-0.39, 0.29) is 5.41 Å². The zero-order valence-electron chi connectivity index (χ0n) is 10.4. The standard InChI is InChI=1S/C13H14N2O2/c1-9-5-6-10(14-7-16)12(15-8-17)11(9)13(2,3)4/h5-6H,1-4H3. The maximum Gasteiger partial charge on any atom is 0.240 e. The van der Waals surface area contributed by atoms with Gasteiger partial charge in [-0.2, -0.15) is 9.98 Å². The fraction of sp³-hybridized carbons (Fsp3) is 0.385. The van der Waals surface area contributed by atoms with Crippen molar-refractivity contribution in [2.45, 2.75) is 33.1 Å². The molecule has 4 nitrogen and oxygen atoms in total. The van der Waals surface area contributed by atoms with Gasteiger partial charge in [0, 0.05) is 0 Å². The van der Waals surface area contributed by atoms with Gasteiger partial charge in [0.1, 0.15) is 11.4 Å². The predicted molar refractivity (Wildman–Crippen MR) is 65.4 cm³/mol. The van der Waals surface area contributed by atoms with Crippen LogP contribution in [0.4, 0.5) is 11.4 Å². The topological polar surface area (TPSA) is 58.9 Å². The van der Waals surface area contributed by atoms with Crippen LogP contribution in [0.1, 0.15) is 31.9 Å². The van der Waals surface area contributed by atoms with E-state index in [1.54, 1.807) is 6.07 Å². The molecule has 0 aliphatic carbocycles. The molecule has 4 heteroatoms. The molecule has 1 aromatic rings. The summed E-state index contributed by atoms with van der Waals surface area (Å²) in [6.45, 7) is 7.95. The summed E-state index contributed by atoms with van der Waals surface area (Å²) < 4.78 is 0. The molecule has 0 unspecified atom stereocenters. The van der Waals surface area contributed by atoms with E-state index in [0.29, 0.717) is 11.4 Å². The Bertz CT molecular complexity index is 529. The van der Waals surface area contributed by atoms with Gasteiger partial charge in [0.25, 0.3) is 0 Å². The van der Waals surface area contributed by atoms with Crippen LogP contribution in [0.5, 0.6) is 0 Å². The lowest BCUT2D eigenvalue weighted by atomic mass is 9.82. The summed E-state index contributed by atoms with van der Waals surface area (Å²) in [5, 5.41) is 0. The molecule has 17 heavy (non-hydrogen) atoms. The Morgan fingerprint density at radius 3 is 2.12 bits per heavy atom. The molecule has 0 saturated heterocycles. The minimum absolute atomic E-state index is 0.200. The molecule has 0 radical (unpaired) electrons. The fourth-order valence-corrected chi connectivity index (χ4v) is 1.93. The number of carbonyl (C=O) groups excluding carboxylic acids is 2. The molecule has 0 aliphatic heterocycles. The zero-order valence-corrected chi connectivity index (χ0v) is 10.4. The maximum atomic E-state index is 10.5. The summed E-state index contributed by atoms with van der Waals surface area (Å²) in [5.74, 6) is 0. The van der Waals surface area contributed by atoms with E-state index >= 15 is 0 Å². The summed E-state index contributed by atoms with van der Waals surface area (Å²) in [6.07, 6.45) is 2.97. The fourth-order valence-electron chi connectivity index (χ4n) is 1.93. The number of benzene rings is 1. The molecule has 0 fully saturated rings. The number of aryl methyl sites for hydroxylation is 1. The van der Waals surface area contributed by atoms with Crippen LogP contribution in [0, 0.1) is 6.92 Å². The van der Waals surface area contributed by atoms with Gasteiger partial charge in [0.05, 0.1) is 0 Å². The number of hydrogen-bond acceptors (Lipinski definition) is 4. The van der Waals surface area contributed by atoms with E-state index in [1.165, 1.54) is 12.2 Å². The molecule has 0 spiro atoms. The number of aliphatic imine (C=N–C) groups is 2. The van der Waals surface area contributed by atoms with Crippen molar-refractivity contribution in [3.8, 4) is 0 Å². The molecule has 0 atom stereocenters. The van der Waals surface area contributed by atoms with Crippen molar-refractivity contribution in [1.29, 1.82) is 0 Å². The third-order valence-corrected chi connectivity index (χ3v) is 2.44. The lowest BCUT2D eigenvalue weighted by Crippen LogP contribution is -2.13. The Morgan fingerprint density at radius 1 is 1.06 bits per heavy atom. The molecule has 0 bridgehead atoms. The average Bonchev–Trinajstić information content (AvgIpc) is 2.21. The SMILES string of the molecule is Cc1ccc(N=C=O)c(N=C=O)c1C(C)(C)C. The lowest BCUT2D eigenvalue weighted by Gasteiger charge is -2.23. The van der Waals surface area contributed by atoms with Crippen molar-refractivity contribution in [1.82, 2.24) is 0 Å². The van der Waals surface area contributed by atoms with E-state index in [0.717, 1.165) is 11.1 Å². The minimum atomic E-state index is -0.200. The highest BCUT2D eigenvalue weighted by molar-refractivity contribution is 5.74. The summed E-state index contributed by atoms with van der Waals surface area (Å²) in [4.78, 5) is 28.1. The van der Waals surface area contributed by atoms with Crippen LogP contribution in [-0.4, -0.2) is 12.2 Å². The van der Waals surface area contributed by atoms with Gasteiger partial charge in [-0.3, -0.25) is 0 Å². The van der Waals surface area contributed by atoms with E-state index in [1.807, 2.05) is 33.8 Å². The monoisotopic (exact) mass is 230 g/mol. The largest absolute Gasteiger partial charge is 0.240 e. The third-order valence-electron chi connectivity index (χ3n) is 2.44. The van der Waals surface area contributed by atoms with Crippen molar-refractivity contribution < 1.29 is 9.59 Å². The van der Waals surface area contributed by atoms with Gasteiger partial charge in [-0.1, -0.05) is 26.8 Å². The Kier molecular flexibility index (Phi) is 3.74. The molecule has 0 aromatic heterocycles. The van der Waals surface area contributed by atoms with Crippen LogP contribution in [0.25, 0.3) is 0 Å². The molecule has 0 amide bonds. The molecule has 0 aliphatic rings. The maximum absolute atomic E-state index is 10.5. The van der Waals surface area contributed by atoms with E-state index < -0.39 is 0 Å². The lowest BCUT2D eigenvalue weighted by molar-refractivity contribution is 0.563. The molecule has 1 rings (SSSR count). The van der Waals surface area contributed by atoms with Crippen molar-refractivity contribution in [3.63, 3.8) is 0 Å². The molecule has 88 valence electrons. The normalized spacial score (nSPS) is 10.4. The zero-order chi connectivity index (χ0) is 13.1. The van der Waals surface area contributed by atoms with Crippen LogP contribution < -0.4 is 0 Å². The molecular weight excluding hydrogens is 216 g/mol. The molecule has 0 saturated carbocycles. The number of rotatable bonds is 2. The Morgan fingerprint density at radius 2 is 1.65 bits per heavy atom. The van der Waals surface area contributed by atoms with Gasteiger partial charge in [0.15, 0.2) is 0 Å². The van der Waals surface area contributed by atoms with Crippen molar-refractivity contribution in [3.05, 3.63) is 23.3 Å². The summed E-state index contributed by atoms with van der Waals surface area (Å²) in [7, 11) is 0. The van der Waals surface area contributed by atoms with Crippen LogP contribution in [-0.2, 0) is 15.0 Å². The van der Waals surface area contributed by atoms with Gasteiger partial charge >= 0.3 is 0 Å². The first kappa shape index (κ1) is 13.0. The predicted octanol–water partition coefficient (Wildman–Crippen LogP) is 3.23. The van der Waals surface area contributed by atoms with Gasteiger partial charge in [-0.05, 0) is 29.5 Å². The summed E-state index contributed by atoms with van der Waals surface area (Å²) >= 11 is 0. The van der Waals surface area contributed by atoms with Gasteiger partial charge in [0.2, 0.25) is 12.2 Å². The van der Waals surface area contributed by atoms with Crippen LogP contribution >= 0.6 is 0 Å². The first-order valence-corrected chi connectivity index (χ1v) is 5.21. The summed E-state index contributed by atoms with van der Waals surface area (Å²) in [6, 6.07) is 3.49. The number of hydrogen-bond donors (Lipinski definition) is 0.